The molecule has 43 heavy (non-hydrogen) atoms. The Morgan fingerprint density at radius 1 is 1.09 bits per heavy atom. The molecule has 2 N–H and O–H groups in total. The predicted octanol–water partition coefficient (Wildman–Crippen LogP) is 8.23. The van der Waals surface area contributed by atoms with Crippen molar-refractivity contribution in [1.29, 1.82) is 0 Å². The number of hydrogen-bond acceptors (Lipinski definition) is 3. The predicted molar refractivity (Wildman–Crippen MR) is 163 cm³/mol. The van der Waals surface area contributed by atoms with E-state index in [1.807, 2.05) is 48.5 Å². The van der Waals surface area contributed by atoms with Crippen LogP contribution in [0.25, 0.3) is 32.8 Å². The number of alkyl halides is 1. The van der Waals surface area contributed by atoms with Crippen molar-refractivity contribution < 1.29 is 22.7 Å². The number of fused-ring (bicyclic) bond motifs is 2. The maximum absolute atomic E-state index is 15.0. The second-order valence-corrected chi connectivity index (χ2v) is 11.2. The first-order chi connectivity index (χ1) is 20.7. The molecular formula is C35H30F3N3O2. The third-order valence-corrected chi connectivity index (χ3v) is 7.76. The van der Waals surface area contributed by atoms with E-state index in [-0.39, 0.29) is 25.2 Å². The van der Waals surface area contributed by atoms with Gasteiger partial charge in [-0.2, -0.15) is 0 Å². The summed E-state index contributed by atoms with van der Waals surface area (Å²) in [6.45, 7) is 1.33. The molecule has 5 nitrogen and oxygen atoms in total. The molecule has 0 aliphatic heterocycles. The number of nitrogens with one attached hydrogen (secondary N) is 2. The van der Waals surface area contributed by atoms with Gasteiger partial charge >= 0.3 is 0 Å². The average Bonchev–Trinajstić information content (AvgIpc) is 3.36. The molecule has 2 aromatic heterocycles. The number of benzene rings is 3. The van der Waals surface area contributed by atoms with Gasteiger partial charge in [0.05, 0.1) is 25.3 Å². The van der Waals surface area contributed by atoms with Crippen molar-refractivity contribution in [1.82, 2.24) is 15.3 Å². The van der Waals surface area contributed by atoms with Crippen LogP contribution in [-0.2, 0) is 11.2 Å². The summed E-state index contributed by atoms with van der Waals surface area (Å²) in [6.07, 6.45) is 5.76. The number of hydrogen-bond donors (Lipinski definition) is 2. The molecule has 0 saturated heterocycles. The molecule has 1 aliphatic carbocycles. The molecule has 1 amide bonds. The number of carbonyl (C=O) groups is 1. The fourth-order valence-corrected chi connectivity index (χ4v) is 5.85. The molecule has 218 valence electrons. The highest BCUT2D eigenvalue weighted by Gasteiger charge is 2.30. The summed E-state index contributed by atoms with van der Waals surface area (Å²) >= 11 is 0. The van der Waals surface area contributed by atoms with Crippen LogP contribution in [0.1, 0.15) is 37.1 Å². The van der Waals surface area contributed by atoms with Crippen LogP contribution in [0.15, 0.2) is 103 Å². The number of amides is 1. The van der Waals surface area contributed by atoms with Gasteiger partial charge in [-0.05, 0) is 89.9 Å². The van der Waals surface area contributed by atoms with Crippen molar-refractivity contribution in [2.45, 2.75) is 37.9 Å². The molecule has 5 aromatic rings. The number of carbonyl (C=O) groups excluding carboxylic acids is 1. The minimum atomic E-state index is -1.84. The number of H-pyrrole nitrogens is 1. The van der Waals surface area contributed by atoms with E-state index in [1.165, 1.54) is 25.1 Å². The van der Waals surface area contributed by atoms with Crippen molar-refractivity contribution in [3.8, 4) is 16.9 Å². The topological polar surface area (TPSA) is 67.0 Å². The van der Waals surface area contributed by atoms with Gasteiger partial charge in [0.25, 0.3) is 0 Å². The van der Waals surface area contributed by atoms with Gasteiger partial charge in [0.15, 0.2) is 0 Å². The average molecular weight is 582 g/mol. The highest BCUT2D eigenvalue weighted by molar-refractivity contribution is 5.90. The highest BCUT2D eigenvalue weighted by atomic mass is 19.1. The standard InChI is InChI=1S/C35H30F3N3O2/c1-35(38)18-21(12-27(37)19-35)13-32(41-33(42)16-25-20-40-31-10-8-26(36)17-30(25)31)34-29(4-3-11-39-34)24-6-5-23-15-28(43-2)9-7-22(23)14-24/h3-12,14-15,17,19-20,32,40H,13,16,18H2,1-2H3,(H,41,42)/t32-,35?/m0/s1. The summed E-state index contributed by atoms with van der Waals surface area (Å²) in [4.78, 5) is 21.2. The first-order valence-electron chi connectivity index (χ1n) is 14.0. The van der Waals surface area contributed by atoms with Crippen LogP contribution < -0.4 is 10.1 Å². The van der Waals surface area contributed by atoms with Crippen molar-refractivity contribution >= 4 is 27.6 Å². The number of methoxy groups -OCH3 is 1. The second-order valence-electron chi connectivity index (χ2n) is 11.2. The van der Waals surface area contributed by atoms with E-state index in [2.05, 4.69) is 15.3 Å². The summed E-state index contributed by atoms with van der Waals surface area (Å²) in [5.74, 6) is -0.617. The van der Waals surface area contributed by atoms with Crippen molar-refractivity contribution in [2.75, 3.05) is 7.11 Å². The molecule has 3 aromatic carbocycles. The Bertz CT molecular complexity index is 1910. The van der Waals surface area contributed by atoms with Gasteiger partial charge in [-0.15, -0.1) is 0 Å². The Morgan fingerprint density at radius 3 is 2.72 bits per heavy atom. The monoisotopic (exact) mass is 581 g/mol. The summed E-state index contributed by atoms with van der Waals surface area (Å²) < 4.78 is 48.7. The van der Waals surface area contributed by atoms with E-state index in [1.54, 1.807) is 25.6 Å². The lowest BCUT2D eigenvalue weighted by atomic mass is 9.87. The third kappa shape index (κ3) is 6.18. The Morgan fingerprint density at radius 2 is 1.91 bits per heavy atom. The van der Waals surface area contributed by atoms with Crippen LogP contribution >= 0.6 is 0 Å². The van der Waals surface area contributed by atoms with Crippen LogP contribution in [0.2, 0.25) is 0 Å². The lowest BCUT2D eigenvalue weighted by Gasteiger charge is -2.27. The zero-order chi connectivity index (χ0) is 30.1. The molecule has 2 atom stereocenters. The summed E-state index contributed by atoms with van der Waals surface area (Å²) in [7, 11) is 1.62. The van der Waals surface area contributed by atoms with Gasteiger partial charge in [0.2, 0.25) is 5.91 Å². The number of allylic oxidation sites excluding steroid dienone is 3. The fourth-order valence-electron chi connectivity index (χ4n) is 5.85. The largest absolute Gasteiger partial charge is 0.497 e. The van der Waals surface area contributed by atoms with Crippen LogP contribution in [0, 0.1) is 5.82 Å². The number of aromatic amines is 1. The van der Waals surface area contributed by atoms with Gasteiger partial charge in [-0.25, -0.2) is 13.2 Å². The molecule has 8 heteroatoms. The lowest BCUT2D eigenvalue weighted by Crippen LogP contribution is -2.32. The van der Waals surface area contributed by atoms with Crippen LogP contribution in [0.5, 0.6) is 5.75 Å². The smallest absolute Gasteiger partial charge is 0.225 e. The van der Waals surface area contributed by atoms with Gasteiger partial charge in [-0.3, -0.25) is 9.78 Å². The number of ether oxygens (including phenoxy) is 1. The van der Waals surface area contributed by atoms with E-state index in [0.29, 0.717) is 22.2 Å². The van der Waals surface area contributed by atoms with E-state index in [4.69, 9.17) is 4.74 Å². The van der Waals surface area contributed by atoms with Gasteiger partial charge < -0.3 is 15.0 Å². The van der Waals surface area contributed by atoms with E-state index < -0.39 is 23.4 Å². The molecule has 0 fully saturated rings. The second kappa shape index (κ2) is 11.4. The molecular weight excluding hydrogens is 551 g/mol. The number of halogens is 3. The fraction of sp³-hybridized carbons (Fsp3) is 0.200. The third-order valence-electron chi connectivity index (χ3n) is 7.76. The summed E-state index contributed by atoms with van der Waals surface area (Å²) in [6, 6.07) is 19.2. The van der Waals surface area contributed by atoms with Crippen molar-refractivity contribution in [3.63, 3.8) is 0 Å². The minimum absolute atomic E-state index is 0.00547. The molecule has 6 rings (SSSR count). The first-order valence-corrected chi connectivity index (χ1v) is 14.0. The maximum atomic E-state index is 15.0. The first kappa shape index (κ1) is 28.3. The molecule has 0 bridgehead atoms. The van der Waals surface area contributed by atoms with E-state index in [0.717, 1.165) is 39.2 Å². The number of aromatic nitrogens is 2. The van der Waals surface area contributed by atoms with Crippen LogP contribution in [-0.4, -0.2) is 28.7 Å². The summed E-state index contributed by atoms with van der Waals surface area (Å²) in [5.41, 5.74) is 2.28. The van der Waals surface area contributed by atoms with Crippen molar-refractivity contribution in [2.24, 2.45) is 0 Å². The van der Waals surface area contributed by atoms with E-state index >= 15 is 0 Å². The molecule has 1 aliphatic rings. The Labute approximate surface area is 247 Å². The van der Waals surface area contributed by atoms with Gasteiger partial charge in [0, 0.05) is 35.3 Å². The van der Waals surface area contributed by atoms with Crippen LogP contribution in [0.4, 0.5) is 13.2 Å². The normalized spacial score (nSPS) is 17.4. The van der Waals surface area contributed by atoms with Gasteiger partial charge in [-0.1, -0.05) is 29.8 Å². The minimum Gasteiger partial charge on any atom is -0.497 e. The molecule has 0 saturated carbocycles. The highest BCUT2D eigenvalue weighted by Crippen LogP contribution is 2.37. The summed E-state index contributed by atoms with van der Waals surface area (Å²) in [5, 5.41) is 5.69. The SMILES string of the molecule is COc1ccc2cc(-c3cccnc3[C@H](CC3=CC(F)=CC(C)(F)C3)NC(=O)Cc3c[nH]c4ccc(F)cc34)ccc2c1. The number of nitrogens with zero attached hydrogens (tertiary/aromatic N) is 1. The lowest BCUT2D eigenvalue weighted by molar-refractivity contribution is -0.121. The molecule has 0 spiro atoms. The van der Waals surface area contributed by atoms with E-state index in [9.17, 15) is 18.0 Å². The zero-order valence-corrected chi connectivity index (χ0v) is 23.8. The van der Waals surface area contributed by atoms with Crippen molar-refractivity contribution in [3.05, 3.63) is 120 Å². The molecule has 1 unspecified atom stereocenters. The van der Waals surface area contributed by atoms with Gasteiger partial charge in [0.1, 0.15) is 23.1 Å². The quantitative estimate of drug-likeness (QED) is 0.194. The number of rotatable bonds is 8. The Kier molecular flexibility index (Phi) is 7.52. The van der Waals surface area contributed by atoms with Crippen LogP contribution in [0.3, 0.4) is 0 Å². The molecule has 0 radical (unpaired) electrons. The Hall–Kier alpha value is -4.85. The molecule has 2 heterocycles. The Balaban J connectivity index is 1.36. The zero-order valence-electron chi connectivity index (χ0n) is 23.8. The maximum Gasteiger partial charge on any atom is 0.225 e. The number of pyridine rings is 1.